The van der Waals surface area contributed by atoms with E-state index < -0.39 is 0 Å². The minimum Gasteiger partial charge on any atom is -0.355 e. The minimum absolute atomic E-state index is 0.0123. The van der Waals surface area contributed by atoms with Crippen LogP contribution in [0, 0.1) is 6.92 Å². The fraction of sp³-hybridized carbons (Fsp3) is 0.500. The van der Waals surface area contributed by atoms with Gasteiger partial charge >= 0.3 is 0 Å². The molecular formula is C14H20N2O. The van der Waals surface area contributed by atoms with Gasteiger partial charge in [0.05, 0.1) is 0 Å². The maximum atomic E-state index is 11.7. The maximum absolute atomic E-state index is 11.7. The van der Waals surface area contributed by atoms with Crippen molar-refractivity contribution in [3.05, 3.63) is 34.9 Å². The third kappa shape index (κ3) is 2.50. The summed E-state index contributed by atoms with van der Waals surface area (Å²) < 4.78 is 0. The van der Waals surface area contributed by atoms with Gasteiger partial charge < -0.3 is 10.6 Å². The first-order chi connectivity index (χ1) is 8.24. The van der Waals surface area contributed by atoms with Gasteiger partial charge in [0, 0.05) is 12.6 Å². The van der Waals surface area contributed by atoms with Gasteiger partial charge in [-0.3, -0.25) is 4.79 Å². The summed E-state index contributed by atoms with van der Waals surface area (Å²) in [4.78, 5) is 11.7. The Labute approximate surface area is 103 Å². The van der Waals surface area contributed by atoms with Gasteiger partial charge in [-0.2, -0.15) is 0 Å². The fourth-order valence-electron chi connectivity index (χ4n) is 2.61. The molecule has 0 radical (unpaired) electrons. The number of rotatable bonds is 2. The second-order valence-electron chi connectivity index (χ2n) is 4.62. The average Bonchev–Trinajstić information content (AvgIpc) is 2.39. The lowest BCUT2D eigenvalue weighted by molar-refractivity contribution is 0.0962. The Morgan fingerprint density at radius 2 is 2.06 bits per heavy atom. The van der Waals surface area contributed by atoms with Crippen LogP contribution in [0.4, 0.5) is 0 Å². The van der Waals surface area contributed by atoms with Gasteiger partial charge in [0.1, 0.15) is 0 Å². The quantitative estimate of drug-likeness (QED) is 0.816. The topological polar surface area (TPSA) is 41.1 Å². The molecule has 17 heavy (non-hydrogen) atoms. The van der Waals surface area contributed by atoms with E-state index in [4.69, 9.17) is 0 Å². The molecule has 1 aliphatic heterocycles. The van der Waals surface area contributed by atoms with Crippen molar-refractivity contribution in [3.8, 4) is 0 Å². The molecule has 1 amide bonds. The van der Waals surface area contributed by atoms with Crippen LogP contribution >= 0.6 is 0 Å². The average molecular weight is 232 g/mol. The van der Waals surface area contributed by atoms with Gasteiger partial charge in [0.2, 0.25) is 0 Å². The van der Waals surface area contributed by atoms with Gasteiger partial charge in [-0.05, 0) is 56.0 Å². The molecule has 92 valence electrons. The molecule has 3 nitrogen and oxygen atoms in total. The van der Waals surface area contributed by atoms with E-state index in [9.17, 15) is 4.79 Å². The first-order valence-electron chi connectivity index (χ1n) is 6.26. The fourth-order valence-corrected chi connectivity index (χ4v) is 2.61. The van der Waals surface area contributed by atoms with Crippen molar-refractivity contribution in [1.29, 1.82) is 0 Å². The molecule has 2 rings (SSSR count). The maximum Gasteiger partial charge on any atom is 0.251 e. The third-order valence-electron chi connectivity index (χ3n) is 3.63. The molecule has 1 heterocycles. The number of amides is 1. The first kappa shape index (κ1) is 12.1. The van der Waals surface area contributed by atoms with E-state index in [1.165, 1.54) is 5.56 Å². The van der Waals surface area contributed by atoms with Crippen LogP contribution in [0.1, 0.15) is 40.2 Å². The molecule has 0 atom stereocenters. The highest BCUT2D eigenvalue weighted by Crippen LogP contribution is 2.29. The Bertz CT molecular complexity index is 409. The number of carbonyl (C=O) groups is 1. The number of piperidine rings is 1. The number of hydrogen-bond donors (Lipinski definition) is 2. The number of benzene rings is 1. The molecule has 1 fully saturated rings. The summed E-state index contributed by atoms with van der Waals surface area (Å²) in [6, 6.07) is 6.06. The van der Waals surface area contributed by atoms with E-state index in [2.05, 4.69) is 23.6 Å². The van der Waals surface area contributed by atoms with E-state index in [1.807, 2.05) is 12.1 Å². The summed E-state index contributed by atoms with van der Waals surface area (Å²) >= 11 is 0. The zero-order chi connectivity index (χ0) is 12.3. The van der Waals surface area contributed by atoms with Crippen LogP contribution in [-0.2, 0) is 0 Å². The number of nitrogens with one attached hydrogen (secondary N) is 2. The van der Waals surface area contributed by atoms with Crippen LogP contribution in [0.3, 0.4) is 0 Å². The van der Waals surface area contributed by atoms with Gasteiger partial charge in [0.15, 0.2) is 0 Å². The lowest BCUT2D eigenvalue weighted by Crippen LogP contribution is -2.27. The minimum atomic E-state index is 0.0123. The highest BCUT2D eigenvalue weighted by atomic mass is 16.1. The molecule has 1 aromatic rings. The Hall–Kier alpha value is -1.35. The van der Waals surface area contributed by atoms with Crippen molar-refractivity contribution < 1.29 is 4.79 Å². The van der Waals surface area contributed by atoms with E-state index in [0.717, 1.165) is 37.1 Å². The summed E-state index contributed by atoms with van der Waals surface area (Å²) in [5.74, 6) is 0.610. The van der Waals surface area contributed by atoms with E-state index in [0.29, 0.717) is 5.92 Å². The normalized spacial score (nSPS) is 16.8. The first-order valence-corrected chi connectivity index (χ1v) is 6.26. The van der Waals surface area contributed by atoms with Gasteiger partial charge in [-0.25, -0.2) is 0 Å². The van der Waals surface area contributed by atoms with Crippen LogP contribution < -0.4 is 10.6 Å². The van der Waals surface area contributed by atoms with Crippen LogP contribution in [0.5, 0.6) is 0 Å². The van der Waals surface area contributed by atoms with Crippen LogP contribution in [0.25, 0.3) is 0 Å². The van der Waals surface area contributed by atoms with Crippen molar-refractivity contribution in [2.75, 3.05) is 20.1 Å². The molecule has 0 bridgehead atoms. The number of carbonyl (C=O) groups excluding carboxylic acids is 1. The molecule has 1 aromatic carbocycles. The SMILES string of the molecule is CNC(=O)c1cccc(C2CCNCC2)c1C. The molecule has 1 aliphatic rings. The molecule has 2 N–H and O–H groups in total. The van der Waals surface area contributed by atoms with Crippen LogP contribution in [0.15, 0.2) is 18.2 Å². The Morgan fingerprint density at radius 3 is 2.71 bits per heavy atom. The molecule has 0 saturated carbocycles. The van der Waals surface area contributed by atoms with E-state index >= 15 is 0 Å². The Kier molecular flexibility index (Phi) is 3.79. The summed E-state index contributed by atoms with van der Waals surface area (Å²) in [6.45, 7) is 4.21. The van der Waals surface area contributed by atoms with E-state index in [1.54, 1.807) is 7.05 Å². The highest BCUT2D eigenvalue weighted by molar-refractivity contribution is 5.95. The summed E-state index contributed by atoms with van der Waals surface area (Å²) in [5, 5.41) is 6.07. The molecule has 1 saturated heterocycles. The zero-order valence-electron chi connectivity index (χ0n) is 10.5. The highest BCUT2D eigenvalue weighted by Gasteiger charge is 2.19. The summed E-state index contributed by atoms with van der Waals surface area (Å²) in [6.07, 6.45) is 2.33. The van der Waals surface area contributed by atoms with E-state index in [-0.39, 0.29) is 5.91 Å². The third-order valence-corrected chi connectivity index (χ3v) is 3.63. The van der Waals surface area contributed by atoms with Crippen molar-refractivity contribution in [1.82, 2.24) is 10.6 Å². The van der Waals surface area contributed by atoms with Gasteiger partial charge in [-0.15, -0.1) is 0 Å². The number of hydrogen-bond acceptors (Lipinski definition) is 2. The largest absolute Gasteiger partial charge is 0.355 e. The monoisotopic (exact) mass is 232 g/mol. The standard InChI is InChI=1S/C14H20N2O/c1-10-12(11-6-8-16-9-7-11)4-3-5-13(10)14(17)15-2/h3-5,11,16H,6-9H2,1-2H3,(H,15,17). The van der Waals surface area contributed by atoms with Crippen LogP contribution in [-0.4, -0.2) is 26.0 Å². The molecule has 0 unspecified atom stereocenters. The summed E-state index contributed by atoms with van der Waals surface area (Å²) in [7, 11) is 1.68. The van der Waals surface area contributed by atoms with Crippen molar-refractivity contribution in [2.45, 2.75) is 25.7 Å². The molecular weight excluding hydrogens is 212 g/mol. The predicted octanol–water partition coefficient (Wildman–Crippen LogP) is 1.82. The van der Waals surface area contributed by atoms with Crippen molar-refractivity contribution in [2.24, 2.45) is 0 Å². The Morgan fingerprint density at radius 1 is 1.35 bits per heavy atom. The molecule has 3 heteroatoms. The predicted molar refractivity (Wildman–Crippen MR) is 69.4 cm³/mol. The smallest absolute Gasteiger partial charge is 0.251 e. The lowest BCUT2D eigenvalue weighted by Gasteiger charge is -2.25. The van der Waals surface area contributed by atoms with Gasteiger partial charge in [0.25, 0.3) is 5.91 Å². The second kappa shape index (κ2) is 5.32. The van der Waals surface area contributed by atoms with Gasteiger partial charge in [-0.1, -0.05) is 12.1 Å². The second-order valence-corrected chi connectivity index (χ2v) is 4.62. The van der Waals surface area contributed by atoms with Crippen LogP contribution in [0.2, 0.25) is 0 Å². The molecule has 0 aliphatic carbocycles. The molecule has 0 spiro atoms. The lowest BCUT2D eigenvalue weighted by atomic mass is 9.86. The van der Waals surface area contributed by atoms with Crippen molar-refractivity contribution >= 4 is 5.91 Å². The zero-order valence-corrected chi connectivity index (χ0v) is 10.5. The van der Waals surface area contributed by atoms with Crippen molar-refractivity contribution in [3.63, 3.8) is 0 Å². The Balaban J connectivity index is 2.31. The molecule has 0 aromatic heterocycles. The summed E-state index contributed by atoms with van der Waals surface area (Å²) in [5.41, 5.74) is 3.29.